The average Bonchev–Trinajstić information content (AvgIpc) is 3.17. The summed E-state index contributed by atoms with van der Waals surface area (Å²) in [4.78, 5) is 55.2. The minimum atomic E-state index is -1.04. The van der Waals surface area contributed by atoms with Crippen molar-refractivity contribution in [2.45, 2.75) is 39.3 Å². The number of carbonyl (C=O) groups is 4. The van der Waals surface area contributed by atoms with Gasteiger partial charge in [0, 0.05) is 23.7 Å². The van der Waals surface area contributed by atoms with Gasteiger partial charge in [0.1, 0.15) is 5.92 Å². The predicted octanol–water partition coefficient (Wildman–Crippen LogP) is 3.70. The third kappa shape index (κ3) is 5.80. The van der Waals surface area contributed by atoms with Crippen LogP contribution in [0.4, 0.5) is 0 Å². The maximum absolute atomic E-state index is 13.3. The summed E-state index contributed by atoms with van der Waals surface area (Å²) in [7, 11) is 0. The van der Waals surface area contributed by atoms with E-state index < -0.39 is 35.7 Å². The summed E-state index contributed by atoms with van der Waals surface area (Å²) in [5, 5.41) is 9.38. The van der Waals surface area contributed by atoms with Crippen molar-refractivity contribution in [1.82, 2.24) is 20.9 Å². The molecule has 0 aliphatic carbocycles. The number of hydrogen-bond donors (Lipinski definition) is 3. The van der Waals surface area contributed by atoms with Gasteiger partial charge in [0.05, 0.1) is 29.1 Å². The molecule has 8 nitrogen and oxygen atoms in total. The number of aromatic nitrogens is 1. The second-order valence-corrected chi connectivity index (χ2v) is 10.0. The lowest BCUT2D eigenvalue weighted by atomic mass is 9.84. The van der Waals surface area contributed by atoms with E-state index in [4.69, 9.17) is 0 Å². The molecule has 3 N–H and O–H groups in total. The Morgan fingerprint density at radius 3 is 2.34 bits per heavy atom. The summed E-state index contributed by atoms with van der Waals surface area (Å²) in [5.41, 5.74) is 2.64. The van der Waals surface area contributed by atoms with Crippen LogP contribution in [0.5, 0.6) is 0 Å². The summed E-state index contributed by atoms with van der Waals surface area (Å²) < 4.78 is 0. The highest BCUT2D eigenvalue weighted by Crippen LogP contribution is 2.25. The van der Waals surface area contributed by atoms with Gasteiger partial charge < -0.3 is 10.6 Å². The van der Waals surface area contributed by atoms with Crippen LogP contribution in [0.15, 0.2) is 79.1 Å². The Morgan fingerprint density at radius 2 is 1.68 bits per heavy atom. The van der Waals surface area contributed by atoms with E-state index in [2.05, 4.69) is 27.5 Å². The Kier molecular flexibility index (Phi) is 8.00. The number of pyridine rings is 1. The molecule has 2 aromatic carbocycles. The molecule has 4 rings (SSSR count). The van der Waals surface area contributed by atoms with E-state index in [0.29, 0.717) is 17.7 Å². The maximum atomic E-state index is 13.3. The third-order valence-electron chi connectivity index (χ3n) is 6.89. The van der Waals surface area contributed by atoms with Crippen LogP contribution in [-0.2, 0) is 14.4 Å². The number of Topliss-reactive ketones (excluding diaryl/α,β-unsaturated/α-hetero) is 1. The van der Waals surface area contributed by atoms with Gasteiger partial charge in [0.25, 0.3) is 5.91 Å². The zero-order valence-electron chi connectivity index (χ0n) is 21.7. The van der Waals surface area contributed by atoms with Gasteiger partial charge in [-0.15, -0.1) is 0 Å². The lowest BCUT2D eigenvalue weighted by Gasteiger charge is -2.28. The first-order valence-electron chi connectivity index (χ1n) is 12.7. The van der Waals surface area contributed by atoms with Crippen molar-refractivity contribution in [2.24, 2.45) is 17.8 Å². The fourth-order valence-electron chi connectivity index (χ4n) is 4.73. The summed E-state index contributed by atoms with van der Waals surface area (Å²) in [5.74, 6) is -3.56. The van der Waals surface area contributed by atoms with Crippen LogP contribution in [0.1, 0.15) is 49.2 Å². The quantitative estimate of drug-likeness (QED) is 0.282. The van der Waals surface area contributed by atoms with Gasteiger partial charge in [0.2, 0.25) is 11.8 Å². The number of nitrogens with zero attached hydrogens (tertiary/aromatic N) is 1. The van der Waals surface area contributed by atoms with Crippen molar-refractivity contribution >= 4 is 34.4 Å². The Hall–Kier alpha value is -4.33. The molecular weight excluding hydrogens is 480 g/mol. The molecule has 8 heteroatoms. The van der Waals surface area contributed by atoms with Crippen LogP contribution >= 0.6 is 0 Å². The largest absolute Gasteiger partial charge is 0.379 e. The van der Waals surface area contributed by atoms with Crippen molar-refractivity contribution in [2.75, 3.05) is 0 Å². The molecule has 0 unspecified atom stereocenters. The summed E-state index contributed by atoms with van der Waals surface area (Å²) in [6.07, 6.45) is 1.86. The molecule has 0 spiro atoms. The van der Waals surface area contributed by atoms with Gasteiger partial charge >= 0.3 is 0 Å². The Balaban J connectivity index is 1.51. The molecule has 2 heterocycles. The molecule has 3 aromatic rings. The molecule has 1 aliphatic rings. The lowest BCUT2D eigenvalue weighted by Crippen LogP contribution is -2.46. The van der Waals surface area contributed by atoms with Crippen molar-refractivity contribution in [3.05, 3.63) is 90.3 Å². The van der Waals surface area contributed by atoms with E-state index in [1.54, 1.807) is 19.2 Å². The van der Waals surface area contributed by atoms with Gasteiger partial charge in [0.15, 0.2) is 5.78 Å². The van der Waals surface area contributed by atoms with Crippen molar-refractivity contribution in [3.63, 3.8) is 0 Å². The van der Waals surface area contributed by atoms with Crippen molar-refractivity contribution in [3.8, 4) is 0 Å². The monoisotopic (exact) mass is 512 g/mol. The average molecular weight is 513 g/mol. The molecule has 3 amide bonds. The number of carbonyl (C=O) groups excluding carboxylic acids is 4. The highest BCUT2D eigenvalue weighted by molar-refractivity contribution is 6.16. The fraction of sp³-hybridized carbons (Fsp3) is 0.300. The van der Waals surface area contributed by atoms with Crippen LogP contribution in [0.2, 0.25) is 0 Å². The first kappa shape index (κ1) is 26.7. The molecule has 0 radical (unpaired) electrons. The molecule has 0 saturated carbocycles. The van der Waals surface area contributed by atoms with Crippen LogP contribution in [0, 0.1) is 17.8 Å². The minimum absolute atomic E-state index is 0.164. The molecule has 196 valence electrons. The lowest BCUT2D eigenvalue weighted by molar-refractivity contribution is -0.134. The number of imide groups is 1. The Labute approximate surface area is 221 Å². The van der Waals surface area contributed by atoms with E-state index in [1.165, 1.54) is 0 Å². The van der Waals surface area contributed by atoms with Crippen LogP contribution in [-0.4, -0.2) is 34.5 Å². The Bertz CT molecular complexity index is 1390. The van der Waals surface area contributed by atoms with Crippen LogP contribution in [0.25, 0.3) is 10.9 Å². The van der Waals surface area contributed by atoms with Gasteiger partial charge in [-0.05, 0) is 23.6 Å². The zero-order chi connectivity index (χ0) is 27.4. The van der Waals surface area contributed by atoms with E-state index >= 15 is 0 Å². The number of nitrogens with one attached hydrogen (secondary N) is 3. The molecule has 4 atom stereocenters. The highest BCUT2D eigenvalue weighted by Gasteiger charge is 2.46. The van der Waals surface area contributed by atoms with Gasteiger partial charge in [-0.1, -0.05) is 75.9 Å². The standard InChI is InChI=1S/C30H32N4O4/c1-17(2)26(27(35)25-19(4)28(36)34-30(25)38)32-18(3)14-24(20-10-6-5-7-11-20)33-29(37)22-15-21-12-8-9-13-23(21)31-16-22/h5-13,15-17,19,24-26,32H,3,14H2,1-2,4H3,(H,33,37)(H,34,36,38)/t19-,24-,25+,26-/m0/s1. The predicted molar refractivity (Wildman–Crippen MR) is 145 cm³/mol. The van der Waals surface area contributed by atoms with Crippen LogP contribution in [0.3, 0.4) is 0 Å². The van der Waals surface area contributed by atoms with E-state index in [9.17, 15) is 19.2 Å². The number of benzene rings is 2. The fourth-order valence-corrected chi connectivity index (χ4v) is 4.73. The van der Waals surface area contributed by atoms with E-state index in [0.717, 1.165) is 16.5 Å². The van der Waals surface area contributed by atoms with Crippen molar-refractivity contribution in [1.29, 1.82) is 0 Å². The van der Waals surface area contributed by atoms with Gasteiger partial charge in [-0.25, -0.2) is 0 Å². The van der Waals surface area contributed by atoms with E-state index in [1.807, 2.05) is 68.4 Å². The Morgan fingerprint density at radius 1 is 1.00 bits per heavy atom. The SMILES string of the molecule is C=C(C[C@H](NC(=O)c1cnc2ccccc2c1)c1ccccc1)N[C@H](C(=O)[C@@H]1C(=O)NC(=O)[C@H]1C)C(C)C. The molecule has 1 aromatic heterocycles. The smallest absolute Gasteiger partial charge is 0.253 e. The molecule has 1 saturated heterocycles. The summed E-state index contributed by atoms with van der Waals surface area (Å²) in [6, 6.07) is 17.7. The molecule has 1 fully saturated rings. The molecule has 0 bridgehead atoms. The third-order valence-corrected chi connectivity index (χ3v) is 6.89. The van der Waals surface area contributed by atoms with Crippen LogP contribution < -0.4 is 16.0 Å². The number of fused-ring (bicyclic) bond motifs is 1. The first-order valence-corrected chi connectivity index (χ1v) is 12.7. The number of ketones is 1. The molecule has 38 heavy (non-hydrogen) atoms. The first-order chi connectivity index (χ1) is 18.2. The summed E-state index contributed by atoms with van der Waals surface area (Å²) in [6.45, 7) is 9.44. The highest BCUT2D eigenvalue weighted by atomic mass is 16.2. The number of para-hydroxylation sites is 1. The number of rotatable bonds is 10. The minimum Gasteiger partial charge on any atom is -0.379 e. The van der Waals surface area contributed by atoms with Gasteiger partial charge in [-0.2, -0.15) is 0 Å². The normalized spacial score (nSPS) is 18.6. The molecular formula is C30H32N4O4. The summed E-state index contributed by atoms with van der Waals surface area (Å²) >= 11 is 0. The number of hydrogen-bond acceptors (Lipinski definition) is 6. The molecule has 1 aliphatic heterocycles. The van der Waals surface area contributed by atoms with Gasteiger partial charge in [-0.3, -0.25) is 29.5 Å². The van der Waals surface area contributed by atoms with E-state index in [-0.39, 0.29) is 17.6 Å². The second-order valence-electron chi connectivity index (χ2n) is 10.0. The maximum Gasteiger partial charge on any atom is 0.253 e. The van der Waals surface area contributed by atoms with Crippen molar-refractivity contribution < 1.29 is 19.2 Å². The topological polar surface area (TPSA) is 117 Å². The second kappa shape index (κ2) is 11.4. The number of amides is 3. The zero-order valence-corrected chi connectivity index (χ0v) is 21.7.